The van der Waals surface area contributed by atoms with Crippen LogP contribution in [0.3, 0.4) is 0 Å². The Labute approximate surface area is 122 Å². The summed E-state index contributed by atoms with van der Waals surface area (Å²) in [6, 6.07) is 3.66. The Morgan fingerprint density at radius 3 is 2.33 bits per heavy atom. The lowest BCUT2D eigenvalue weighted by Crippen LogP contribution is -2.22. The molecule has 0 aliphatic carbocycles. The lowest BCUT2D eigenvalue weighted by Gasteiger charge is -2.12. The molecule has 0 radical (unpaired) electrons. The van der Waals surface area contributed by atoms with Crippen molar-refractivity contribution < 1.29 is 31.5 Å². The minimum Gasteiger partial charge on any atom is -0.495 e. The molecule has 10 heteroatoms. The van der Waals surface area contributed by atoms with Crippen LogP contribution in [-0.4, -0.2) is 52.8 Å². The zero-order valence-corrected chi connectivity index (χ0v) is 13.0. The highest BCUT2D eigenvalue weighted by Gasteiger charge is 2.18. The monoisotopic (exact) mass is 337 g/mol. The smallest absolute Gasteiger partial charge is 0.335 e. The van der Waals surface area contributed by atoms with Crippen molar-refractivity contribution in [3.05, 3.63) is 23.8 Å². The van der Waals surface area contributed by atoms with Crippen LogP contribution in [0.5, 0.6) is 5.75 Å². The number of methoxy groups -OCH3 is 1. The number of ether oxygens (including phenoxy) is 1. The predicted octanol–water partition coefficient (Wildman–Crippen LogP) is 0.180. The van der Waals surface area contributed by atoms with Gasteiger partial charge in [-0.25, -0.2) is 21.6 Å². The normalized spacial score (nSPS) is 11.9. The largest absolute Gasteiger partial charge is 0.495 e. The van der Waals surface area contributed by atoms with E-state index in [2.05, 4.69) is 4.72 Å². The van der Waals surface area contributed by atoms with Crippen LogP contribution in [0.4, 0.5) is 5.69 Å². The number of sulfone groups is 1. The van der Waals surface area contributed by atoms with Crippen molar-refractivity contribution >= 4 is 31.5 Å². The molecule has 0 atom stereocenters. The van der Waals surface area contributed by atoms with Gasteiger partial charge in [-0.3, -0.25) is 4.72 Å². The number of rotatable bonds is 7. The van der Waals surface area contributed by atoms with Gasteiger partial charge in [0, 0.05) is 6.26 Å². The maximum atomic E-state index is 11.8. The van der Waals surface area contributed by atoms with Crippen LogP contribution in [0, 0.1) is 0 Å². The fourth-order valence-electron chi connectivity index (χ4n) is 1.40. The third kappa shape index (κ3) is 5.60. The van der Waals surface area contributed by atoms with E-state index in [0.29, 0.717) is 0 Å². The average Bonchev–Trinajstić information content (AvgIpc) is 2.35. The molecule has 21 heavy (non-hydrogen) atoms. The molecule has 1 aromatic rings. The second kappa shape index (κ2) is 6.31. The molecule has 0 bridgehead atoms. The summed E-state index contributed by atoms with van der Waals surface area (Å²) in [5, 5.41) is 8.88. The van der Waals surface area contributed by atoms with Crippen molar-refractivity contribution in [2.75, 3.05) is 29.6 Å². The van der Waals surface area contributed by atoms with Crippen molar-refractivity contribution in [2.45, 2.75) is 0 Å². The molecule has 1 rings (SSSR count). The fraction of sp³-hybridized carbons (Fsp3) is 0.364. The van der Waals surface area contributed by atoms with Gasteiger partial charge in [0.05, 0.1) is 29.9 Å². The number of sulfonamides is 1. The van der Waals surface area contributed by atoms with Gasteiger partial charge in [0.1, 0.15) is 15.6 Å². The molecular weight excluding hydrogens is 322 g/mol. The molecule has 0 heterocycles. The van der Waals surface area contributed by atoms with Crippen molar-refractivity contribution in [3.63, 3.8) is 0 Å². The Kier molecular flexibility index (Phi) is 5.18. The Morgan fingerprint density at radius 1 is 1.24 bits per heavy atom. The van der Waals surface area contributed by atoms with E-state index >= 15 is 0 Å². The molecule has 0 aliphatic heterocycles. The van der Waals surface area contributed by atoms with Crippen LogP contribution in [0.25, 0.3) is 0 Å². The molecule has 0 amide bonds. The Balaban J connectivity index is 3.05. The van der Waals surface area contributed by atoms with Crippen molar-refractivity contribution in [1.82, 2.24) is 0 Å². The Morgan fingerprint density at radius 2 is 1.86 bits per heavy atom. The minimum atomic E-state index is -3.94. The van der Waals surface area contributed by atoms with Crippen LogP contribution in [0.1, 0.15) is 10.4 Å². The molecule has 118 valence electrons. The number of aromatic carboxylic acids is 1. The quantitative estimate of drug-likeness (QED) is 0.726. The van der Waals surface area contributed by atoms with Crippen molar-refractivity contribution in [2.24, 2.45) is 0 Å². The molecule has 0 aromatic heterocycles. The topological polar surface area (TPSA) is 127 Å². The zero-order valence-electron chi connectivity index (χ0n) is 11.4. The first-order valence-corrected chi connectivity index (χ1v) is 9.35. The number of hydrogen-bond donors (Lipinski definition) is 2. The number of carbonyl (C=O) groups is 1. The van der Waals surface area contributed by atoms with Gasteiger partial charge in [0.25, 0.3) is 0 Å². The Hall–Kier alpha value is -1.81. The summed E-state index contributed by atoms with van der Waals surface area (Å²) in [6.45, 7) is 0. The van der Waals surface area contributed by atoms with E-state index in [1.165, 1.54) is 19.2 Å². The molecule has 0 spiro atoms. The van der Waals surface area contributed by atoms with Gasteiger partial charge < -0.3 is 9.84 Å². The van der Waals surface area contributed by atoms with Gasteiger partial charge >= 0.3 is 5.97 Å². The first kappa shape index (κ1) is 17.2. The zero-order chi connectivity index (χ0) is 16.3. The Bertz CT molecular complexity index is 738. The van der Waals surface area contributed by atoms with Crippen LogP contribution in [0.15, 0.2) is 18.2 Å². The molecule has 0 saturated carbocycles. The second-order valence-corrected chi connectivity index (χ2v) is 8.37. The highest BCUT2D eigenvalue weighted by molar-refractivity contribution is 7.95. The summed E-state index contributed by atoms with van der Waals surface area (Å²) < 4.78 is 52.7. The molecule has 0 aliphatic rings. The number of carboxylic acid groups (broad SMARTS) is 1. The summed E-state index contributed by atoms with van der Waals surface area (Å²) >= 11 is 0. The summed E-state index contributed by atoms with van der Waals surface area (Å²) in [5.41, 5.74) is -0.192. The van der Waals surface area contributed by atoms with Gasteiger partial charge in [-0.1, -0.05) is 0 Å². The molecular formula is C11H15NO7S2. The van der Waals surface area contributed by atoms with Gasteiger partial charge in [0.2, 0.25) is 10.0 Å². The lowest BCUT2D eigenvalue weighted by molar-refractivity contribution is 0.0697. The summed E-state index contributed by atoms with van der Waals surface area (Å²) in [4.78, 5) is 10.9. The number of nitrogens with one attached hydrogen (secondary N) is 1. The van der Waals surface area contributed by atoms with E-state index in [1.807, 2.05) is 0 Å². The molecule has 0 fully saturated rings. The molecule has 0 saturated heterocycles. The summed E-state index contributed by atoms with van der Waals surface area (Å²) in [6.07, 6.45) is 0.925. The minimum absolute atomic E-state index is 0.0640. The summed E-state index contributed by atoms with van der Waals surface area (Å²) in [7, 11) is -6.08. The molecule has 8 nitrogen and oxygen atoms in total. The second-order valence-electron chi connectivity index (χ2n) is 4.27. The average molecular weight is 337 g/mol. The number of carboxylic acids is 1. The van der Waals surface area contributed by atoms with E-state index in [-0.39, 0.29) is 17.0 Å². The van der Waals surface area contributed by atoms with Crippen molar-refractivity contribution in [1.29, 1.82) is 0 Å². The number of hydrogen-bond acceptors (Lipinski definition) is 6. The standard InChI is InChI=1S/C11H15NO7S2/c1-19-10-4-3-8(11(13)14)7-9(10)12-21(17,18)6-5-20(2,15)16/h3-4,7,12H,5-6H2,1-2H3,(H,13,14). The van der Waals surface area contributed by atoms with Gasteiger partial charge in [0.15, 0.2) is 0 Å². The number of anilines is 1. The van der Waals surface area contributed by atoms with Gasteiger partial charge in [-0.15, -0.1) is 0 Å². The number of benzene rings is 1. The highest BCUT2D eigenvalue weighted by Crippen LogP contribution is 2.26. The molecule has 2 N–H and O–H groups in total. The third-order valence-corrected chi connectivity index (χ3v) is 4.91. The van der Waals surface area contributed by atoms with Crippen LogP contribution in [0.2, 0.25) is 0 Å². The van der Waals surface area contributed by atoms with Crippen LogP contribution >= 0.6 is 0 Å². The fourth-order valence-corrected chi connectivity index (χ4v) is 4.09. The van der Waals surface area contributed by atoms with Crippen molar-refractivity contribution in [3.8, 4) is 5.75 Å². The molecule has 0 unspecified atom stereocenters. The van der Waals surface area contributed by atoms with Gasteiger partial charge in [-0.05, 0) is 18.2 Å². The maximum absolute atomic E-state index is 11.8. The molecule has 1 aromatic carbocycles. The maximum Gasteiger partial charge on any atom is 0.335 e. The highest BCUT2D eigenvalue weighted by atomic mass is 32.2. The predicted molar refractivity (Wildman–Crippen MR) is 77.1 cm³/mol. The lowest BCUT2D eigenvalue weighted by atomic mass is 10.2. The van der Waals surface area contributed by atoms with E-state index in [4.69, 9.17) is 9.84 Å². The SMILES string of the molecule is COc1ccc(C(=O)O)cc1NS(=O)(=O)CCS(C)(=O)=O. The first-order valence-electron chi connectivity index (χ1n) is 5.63. The summed E-state index contributed by atoms with van der Waals surface area (Å²) in [5.74, 6) is -2.27. The van der Waals surface area contributed by atoms with E-state index < -0.39 is 37.3 Å². The first-order chi connectivity index (χ1) is 9.54. The van der Waals surface area contributed by atoms with Crippen LogP contribution < -0.4 is 9.46 Å². The van der Waals surface area contributed by atoms with E-state index in [0.717, 1.165) is 12.3 Å². The third-order valence-electron chi connectivity index (χ3n) is 2.43. The van der Waals surface area contributed by atoms with E-state index in [9.17, 15) is 21.6 Å². The van der Waals surface area contributed by atoms with Crippen LogP contribution in [-0.2, 0) is 19.9 Å². The van der Waals surface area contributed by atoms with Gasteiger partial charge in [-0.2, -0.15) is 0 Å². The van der Waals surface area contributed by atoms with E-state index in [1.54, 1.807) is 0 Å².